The number of halogens is 2. The predicted octanol–water partition coefficient (Wildman–Crippen LogP) is 5.53. The normalized spacial score (nSPS) is 17.1. The number of carbonyl (C=O) groups excluding carboxylic acids is 3. The summed E-state index contributed by atoms with van der Waals surface area (Å²) in [5.41, 5.74) is 0.976. The molecule has 0 unspecified atom stereocenters. The molecule has 2 saturated heterocycles. The summed E-state index contributed by atoms with van der Waals surface area (Å²) in [6.07, 6.45) is 4.39. The molecular weight excluding hydrogens is 529 g/mol. The molecule has 2 fully saturated rings. The molecule has 0 atom stereocenters. The molecule has 2 aromatic carbocycles. The average Bonchev–Trinajstić information content (AvgIpc) is 3.11. The molecular formula is C24H21Cl2N3O6S. The van der Waals surface area contributed by atoms with Gasteiger partial charge in [0.05, 0.1) is 19.9 Å². The zero-order valence-electron chi connectivity index (χ0n) is 18.9. The maximum absolute atomic E-state index is 12.8. The lowest BCUT2D eigenvalue weighted by Gasteiger charge is -2.27. The molecule has 0 bridgehead atoms. The summed E-state index contributed by atoms with van der Waals surface area (Å²) >= 11 is 13.4. The number of non-ortho nitro benzene ring substituents is 1. The molecule has 0 N–H and O–H groups in total. The minimum absolute atomic E-state index is 0.00437. The van der Waals surface area contributed by atoms with Gasteiger partial charge in [-0.25, -0.2) is 0 Å². The van der Waals surface area contributed by atoms with Crippen LogP contribution < -0.4 is 4.74 Å². The molecule has 2 aromatic rings. The van der Waals surface area contributed by atoms with Gasteiger partial charge in [-0.05, 0) is 60.4 Å². The monoisotopic (exact) mass is 549 g/mol. The van der Waals surface area contributed by atoms with Gasteiger partial charge in [0, 0.05) is 25.2 Å². The van der Waals surface area contributed by atoms with E-state index in [4.69, 9.17) is 27.9 Å². The van der Waals surface area contributed by atoms with Crippen molar-refractivity contribution in [3.05, 3.63) is 72.6 Å². The number of ether oxygens (including phenoxy) is 1. The van der Waals surface area contributed by atoms with E-state index >= 15 is 0 Å². The van der Waals surface area contributed by atoms with Crippen molar-refractivity contribution in [3.8, 4) is 5.75 Å². The summed E-state index contributed by atoms with van der Waals surface area (Å²) < 4.78 is 5.69. The highest BCUT2D eigenvalue weighted by Crippen LogP contribution is 2.38. The van der Waals surface area contributed by atoms with Crippen molar-refractivity contribution >= 4 is 63.8 Å². The second-order valence-electron chi connectivity index (χ2n) is 8.24. The highest BCUT2D eigenvalue weighted by atomic mass is 35.5. The Balaban J connectivity index is 1.45. The minimum Gasteiger partial charge on any atom is -0.486 e. The third-order valence-corrected chi connectivity index (χ3v) is 7.17. The molecule has 0 aromatic heterocycles. The number of hydrogen-bond acceptors (Lipinski definition) is 7. The van der Waals surface area contributed by atoms with Gasteiger partial charge >= 0.3 is 0 Å². The van der Waals surface area contributed by atoms with Crippen molar-refractivity contribution < 1.29 is 24.0 Å². The van der Waals surface area contributed by atoms with Crippen molar-refractivity contribution in [2.45, 2.75) is 25.9 Å². The molecule has 0 spiro atoms. The number of carbonyl (C=O) groups is 3. The summed E-state index contributed by atoms with van der Waals surface area (Å²) in [6, 6.07) is 9.06. The fourth-order valence-corrected chi connectivity index (χ4v) is 5.33. The van der Waals surface area contributed by atoms with Crippen LogP contribution in [-0.2, 0) is 16.2 Å². The summed E-state index contributed by atoms with van der Waals surface area (Å²) in [7, 11) is 0. The third-order valence-electron chi connectivity index (χ3n) is 5.70. The molecule has 9 nitrogen and oxygen atoms in total. The van der Waals surface area contributed by atoms with Gasteiger partial charge in [0.25, 0.3) is 16.8 Å². The molecule has 188 valence electrons. The van der Waals surface area contributed by atoms with Gasteiger partial charge in [-0.2, -0.15) is 0 Å². The van der Waals surface area contributed by atoms with Crippen molar-refractivity contribution in [3.63, 3.8) is 0 Å². The van der Waals surface area contributed by atoms with Gasteiger partial charge in [-0.3, -0.25) is 29.4 Å². The number of nitro groups is 1. The van der Waals surface area contributed by atoms with E-state index < -0.39 is 16.1 Å². The standard InChI is InChI=1S/C24H21Cl2N3O6S/c25-18-10-16(11-19(26)22(18)35-14-15-5-4-6-17(9-15)29(33)34)12-20-23(31)28(24(32)36-20)13-21(30)27-7-2-1-3-8-27/h4-6,9-12H,1-3,7-8,13-14H2/b20-12-. The number of rotatable bonds is 7. The highest BCUT2D eigenvalue weighted by molar-refractivity contribution is 8.18. The fraction of sp³-hybridized carbons (Fsp3) is 0.292. The van der Waals surface area contributed by atoms with Crippen LogP contribution in [0.25, 0.3) is 6.08 Å². The number of amides is 3. The molecule has 4 rings (SSSR count). The van der Waals surface area contributed by atoms with Crippen LogP contribution in [0.4, 0.5) is 10.5 Å². The lowest BCUT2D eigenvalue weighted by Crippen LogP contribution is -2.44. The van der Waals surface area contributed by atoms with E-state index in [-0.39, 0.29) is 45.4 Å². The first-order valence-electron chi connectivity index (χ1n) is 11.1. The molecule has 36 heavy (non-hydrogen) atoms. The van der Waals surface area contributed by atoms with Crippen molar-refractivity contribution in [2.75, 3.05) is 19.6 Å². The quantitative estimate of drug-likeness (QED) is 0.253. The first-order chi connectivity index (χ1) is 17.2. The topological polar surface area (TPSA) is 110 Å². The van der Waals surface area contributed by atoms with Gasteiger partial charge in [0.2, 0.25) is 5.91 Å². The third kappa shape index (κ3) is 6.00. The summed E-state index contributed by atoms with van der Waals surface area (Å²) in [6.45, 7) is 0.993. The summed E-state index contributed by atoms with van der Waals surface area (Å²) in [4.78, 5) is 51.0. The Morgan fingerprint density at radius 2 is 1.81 bits per heavy atom. The number of imide groups is 1. The second kappa shape index (κ2) is 11.3. The Hall–Kier alpha value is -3.08. The predicted molar refractivity (Wildman–Crippen MR) is 137 cm³/mol. The molecule has 0 aliphatic carbocycles. The number of nitro benzene ring substituents is 1. The number of nitrogens with zero attached hydrogens (tertiary/aromatic N) is 3. The fourth-order valence-electron chi connectivity index (χ4n) is 3.88. The van der Waals surface area contributed by atoms with Crippen LogP contribution in [0.1, 0.15) is 30.4 Å². The van der Waals surface area contributed by atoms with Crippen molar-refractivity contribution in [1.29, 1.82) is 0 Å². The molecule has 2 aliphatic rings. The number of benzene rings is 2. The lowest BCUT2D eigenvalue weighted by molar-refractivity contribution is -0.384. The highest BCUT2D eigenvalue weighted by Gasteiger charge is 2.37. The Morgan fingerprint density at radius 1 is 1.11 bits per heavy atom. The van der Waals surface area contributed by atoms with E-state index in [1.165, 1.54) is 30.3 Å². The molecule has 2 aliphatic heterocycles. The zero-order chi connectivity index (χ0) is 25.8. The van der Waals surface area contributed by atoms with E-state index in [1.807, 2.05) is 0 Å². The maximum Gasteiger partial charge on any atom is 0.294 e. The van der Waals surface area contributed by atoms with Crippen LogP contribution in [0.15, 0.2) is 41.3 Å². The van der Waals surface area contributed by atoms with Gasteiger partial charge in [0.15, 0.2) is 5.75 Å². The van der Waals surface area contributed by atoms with Gasteiger partial charge in [-0.15, -0.1) is 0 Å². The van der Waals surface area contributed by atoms with Gasteiger partial charge in [-0.1, -0.05) is 35.3 Å². The maximum atomic E-state index is 12.8. The van der Waals surface area contributed by atoms with Crippen LogP contribution in [0, 0.1) is 10.1 Å². The first-order valence-corrected chi connectivity index (χ1v) is 12.7. The van der Waals surface area contributed by atoms with Gasteiger partial charge in [0.1, 0.15) is 13.2 Å². The molecule has 0 saturated carbocycles. The van der Waals surface area contributed by atoms with E-state index in [0.717, 1.165) is 35.9 Å². The lowest BCUT2D eigenvalue weighted by atomic mass is 10.1. The molecule has 2 heterocycles. The van der Waals surface area contributed by atoms with E-state index in [1.54, 1.807) is 17.0 Å². The van der Waals surface area contributed by atoms with Gasteiger partial charge < -0.3 is 9.64 Å². The number of likely N-dealkylation sites (tertiary alicyclic amines) is 1. The Morgan fingerprint density at radius 3 is 2.47 bits per heavy atom. The van der Waals surface area contributed by atoms with E-state index in [0.29, 0.717) is 24.2 Å². The van der Waals surface area contributed by atoms with Crippen LogP contribution in [-0.4, -0.2) is 51.4 Å². The van der Waals surface area contributed by atoms with Crippen molar-refractivity contribution in [2.24, 2.45) is 0 Å². The molecule has 12 heteroatoms. The van der Waals surface area contributed by atoms with E-state index in [9.17, 15) is 24.5 Å². The minimum atomic E-state index is -0.548. The van der Waals surface area contributed by atoms with E-state index in [2.05, 4.69) is 0 Å². The summed E-state index contributed by atoms with van der Waals surface area (Å²) in [5.74, 6) is -0.606. The zero-order valence-corrected chi connectivity index (χ0v) is 21.3. The Kier molecular flexibility index (Phi) is 8.17. The largest absolute Gasteiger partial charge is 0.486 e. The van der Waals surface area contributed by atoms with Crippen LogP contribution in [0.2, 0.25) is 10.0 Å². The SMILES string of the molecule is O=C(CN1C(=O)S/C(=C\c2cc(Cl)c(OCc3cccc([N+](=O)[O-])c3)c(Cl)c2)C1=O)N1CCCCC1. The molecule has 0 radical (unpaired) electrons. The van der Waals surface area contributed by atoms with Crippen molar-refractivity contribution in [1.82, 2.24) is 9.80 Å². The average molecular weight is 550 g/mol. The van der Waals surface area contributed by atoms with Crippen LogP contribution in [0.5, 0.6) is 5.75 Å². The smallest absolute Gasteiger partial charge is 0.294 e. The number of piperidine rings is 1. The second-order valence-corrected chi connectivity index (χ2v) is 10.0. The molecule has 3 amide bonds. The number of thioether (sulfide) groups is 1. The number of hydrogen-bond donors (Lipinski definition) is 0. The summed E-state index contributed by atoms with van der Waals surface area (Å²) in [5, 5.41) is 10.8. The Labute approximate surface area is 221 Å². The van der Waals surface area contributed by atoms with Crippen LogP contribution >= 0.6 is 35.0 Å². The Bertz CT molecular complexity index is 1240. The first kappa shape index (κ1) is 26.0. The van der Waals surface area contributed by atoms with Crippen LogP contribution in [0.3, 0.4) is 0 Å².